The molecule has 0 bridgehead atoms. The Morgan fingerprint density at radius 3 is 2.85 bits per heavy atom. The largest absolute Gasteiger partial charge is 0.436 e. The fourth-order valence-electron chi connectivity index (χ4n) is 2.46. The lowest BCUT2D eigenvalue weighted by atomic mass is 10.1. The van der Waals surface area contributed by atoms with Crippen molar-refractivity contribution in [3.63, 3.8) is 0 Å². The van der Waals surface area contributed by atoms with Gasteiger partial charge in [-0.25, -0.2) is 9.97 Å². The first-order valence-corrected chi connectivity index (χ1v) is 7.17. The van der Waals surface area contributed by atoms with E-state index in [9.17, 15) is 0 Å². The lowest BCUT2D eigenvalue weighted by Crippen LogP contribution is -2.02. The van der Waals surface area contributed by atoms with Crippen molar-refractivity contribution in [3.8, 4) is 11.6 Å². The number of halogens is 1. The van der Waals surface area contributed by atoms with Crippen LogP contribution in [-0.2, 0) is 12.8 Å². The van der Waals surface area contributed by atoms with E-state index < -0.39 is 0 Å². The Morgan fingerprint density at radius 2 is 1.95 bits per heavy atom. The third-order valence-electron chi connectivity index (χ3n) is 3.52. The van der Waals surface area contributed by atoms with Crippen LogP contribution in [0.25, 0.3) is 0 Å². The van der Waals surface area contributed by atoms with Gasteiger partial charge in [-0.05, 0) is 37.8 Å². The minimum atomic E-state index is 0.544. The van der Waals surface area contributed by atoms with Crippen molar-refractivity contribution in [1.82, 2.24) is 9.97 Å². The highest BCUT2D eigenvalue weighted by Gasteiger charge is 2.16. The van der Waals surface area contributed by atoms with Crippen molar-refractivity contribution in [2.24, 2.45) is 0 Å². The van der Waals surface area contributed by atoms with Crippen molar-refractivity contribution in [1.29, 1.82) is 0 Å². The standard InChI is InChI=1S/C15H16ClN3O/c16-10-6-7-12(17)14(8-10)20-15-11-4-2-1-3-5-13(11)18-9-19-15/h6-9H,1-5,17H2. The lowest BCUT2D eigenvalue weighted by molar-refractivity contribution is 0.455. The van der Waals surface area contributed by atoms with Crippen LogP contribution in [0, 0.1) is 0 Å². The number of nitrogens with two attached hydrogens (primary N) is 1. The van der Waals surface area contributed by atoms with Gasteiger partial charge in [0.15, 0.2) is 5.75 Å². The zero-order chi connectivity index (χ0) is 13.9. The van der Waals surface area contributed by atoms with Crippen molar-refractivity contribution in [2.75, 3.05) is 5.73 Å². The minimum Gasteiger partial charge on any atom is -0.436 e. The van der Waals surface area contributed by atoms with Gasteiger partial charge in [0, 0.05) is 16.7 Å². The van der Waals surface area contributed by atoms with E-state index in [0.29, 0.717) is 22.3 Å². The summed E-state index contributed by atoms with van der Waals surface area (Å²) < 4.78 is 5.88. The molecule has 1 aliphatic rings. The van der Waals surface area contributed by atoms with E-state index in [1.807, 2.05) is 0 Å². The summed E-state index contributed by atoms with van der Waals surface area (Å²) in [4.78, 5) is 8.64. The highest BCUT2D eigenvalue weighted by atomic mass is 35.5. The Labute approximate surface area is 123 Å². The van der Waals surface area contributed by atoms with Gasteiger partial charge >= 0.3 is 0 Å². The van der Waals surface area contributed by atoms with Gasteiger partial charge in [0.2, 0.25) is 5.88 Å². The monoisotopic (exact) mass is 289 g/mol. The second-order valence-corrected chi connectivity index (χ2v) is 5.39. The van der Waals surface area contributed by atoms with E-state index in [1.165, 1.54) is 12.8 Å². The summed E-state index contributed by atoms with van der Waals surface area (Å²) in [6.45, 7) is 0. The van der Waals surface area contributed by atoms with Gasteiger partial charge < -0.3 is 10.5 Å². The van der Waals surface area contributed by atoms with E-state index in [0.717, 1.165) is 30.5 Å². The third-order valence-corrected chi connectivity index (χ3v) is 3.75. The number of nitrogens with zero attached hydrogens (tertiary/aromatic N) is 2. The second kappa shape index (κ2) is 5.67. The molecule has 104 valence electrons. The maximum Gasteiger partial charge on any atom is 0.225 e. The maximum absolute atomic E-state index is 5.98. The van der Waals surface area contributed by atoms with Gasteiger partial charge in [-0.2, -0.15) is 0 Å². The molecule has 20 heavy (non-hydrogen) atoms. The summed E-state index contributed by atoms with van der Waals surface area (Å²) in [5, 5.41) is 0.592. The van der Waals surface area contributed by atoms with Gasteiger partial charge in [-0.15, -0.1) is 0 Å². The van der Waals surface area contributed by atoms with Crippen molar-refractivity contribution in [3.05, 3.63) is 40.8 Å². The number of ether oxygens (including phenoxy) is 1. The molecule has 0 unspecified atom stereocenters. The molecular formula is C15H16ClN3O. The normalized spacial score (nSPS) is 14.4. The first kappa shape index (κ1) is 13.2. The van der Waals surface area contributed by atoms with E-state index in [-0.39, 0.29) is 0 Å². The predicted octanol–water partition coefficient (Wildman–Crippen LogP) is 3.77. The van der Waals surface area contributed by atoms with Crippen LogP contribution in [0.1, 0.15) is 30.5 Å². The number of anilines is 1. The molecule has 1 heterocycles. The second-order valence-electron chi connectivity index (χ2n) is 4.95. The third kappa shape index (κ3) is 2.70. The summed E-state index contributed by atoms with van der Waals surface area (Å²) in [7, 11) is 0. The SMILES string of the molecule is Nc1ccc(Cl)cc1Oc1ncnc2c1CCCCC2. The van der Waals surface area contributed by atoms with Crippen LogP contribution in [0.2, 0.25) is 5.02 Å². The predicted molar refractivity (Wildman–Crippen MR) is 79.2 cm³/mol. The first-order chi connectivity index (χ1) is 9.74. The van der Waals surface area contributed by atoms with Crippen LogP contribution in [0.5, 0.6) is 11.6 Å². The molecule has 0 aliphatic heterocycles. The molecule has 0 radical (unpaired) electrons. The number of aromatic nitrogens is 2. The number of fused-ring (bicyclic) bond motifs is 1. The number of hydrogen-bond acceptors (Lipinski definition) is 4. The van der Waals surface area contributed by atoms with Crippen LogP contribution >= 0.6 is 11.6 Å². The minimum absolute atomic E-state index is 0.544. The number of nitrogen functional groups attached to an aromatic ring is 1. The van der Waals surface area contributed by atoms with Crippen LogP contribution in [0.4, 0.5) is 5.69 Å². The van der Waals surface area contributed by atoms with Gasteiger partial charge in [0.05, 0.1) is 11.4 Å². The van der Waals surface area contributed by atoms with Crippen molar-refractivity contribution < 1.29 is 4.74 Å². The van der Waals surface area contributed by atoms with Crippen molar-refractivity contribution >= 4 is 17.3 Å². The van der Waals surface area contributed by atoms with Crippen LogP contribution < -0.4 is 10.5 Å². The molecule has 0 saturated carbocycles. The zero-order valence-electron chi connectivity index (χ0n) is 11.1. The molecule has 0 amide bonds. The van der Waals surface area contributed by atoms with E-state index in [1.54, 1.807) is 24.5 Å². The van der Waals surface area contributed by atoms with E-state index in [4.69, 9.17) is 22.1 Å². The molecule has 2 N–H and O–H groups in total. The average Bonchev–Trinajstić information content (AvgIpc) is 2.69. The van der Waals surface area contributed by atoms with E-state index >= 15 is 0 Å². The lowest BCUT2D eigenvalue weighted by Gasteiger charge is -2.12. The highest BCUT2D eigenvalue weighted by molar-refractivity contribution is 6.30. The molecule has 1 aliphatic carbocycles. The Kier molecular flexibility index (Phi) is 3.74. The van der Waals surface area contributed by atoms with Crippen molar-refractivity contribution in [2.45, 2.75) is 32.1 Å². The molecule has 1 aromatic carbocycles. The first-order valence-electron chi connectivity index (χ1n) is 6.79. The van der Waals surface area contributed by atoms with E-state index in [2.05, 4.69) is 9.97 Å². The number of rotatable bonds is 2. The van der Waals surface area contributed by atoms with Gasteiger partial charge in [-0.1, -0.05) is 18.0 Å². The molecule has 1 aromatic heterocycles. The Morgan fingerprint density at radius 1 is 1.10 bits per heavy atom. The summed E-state index contributed by atoms with van der Waals surface area (Å²) >= 11 is 5.98. The summed E-state index contributed by atoms with van der Waals surface area (Å²) in [5.41, 5.74) is 8.66. The summed E-state index contributed by atoms with van der Waals surface area (Å²) in [5.74, 6) is 1.15. The fourth-order valence-corrected chi connectivity index (χ4v) is 2.62. The smallest absolute Gasteiger partial charge is 0.225 e. The van der Waals surface area contributed by atoms with Gasteiger partial charge in [0.25, 0.3) is 0 Å². The van der Waals surface area contributed by atoms with Crippen LogP contribution in [-0.4, -0.2) is 9.97 Å². The quantitative estimate of drug-likeness (QED) is 0.675. The molecule has 2 aromatic rings. The summed E-state index contributed by atoms with van der Waals surface area (Å²) in [6, 6.07) is 5.18. The van der Waals surface area contributed by atoms with Gasteiger partial charge in [0.1, 0.15) is 6.33 Å². The topological polar surface area (TPSA) is 61.0 Å². The molecule has 5 heteroatoms. The Bertz CT molecular complexity index is 631. The number of benzene rings is 1. The fraction of sp³-hybridized carbons (Fsp3) is 0.333. The Balaban J connectivity index is 1.96. The van der Waals surface area contributed by atoms with Crippen LogP contribution in [0.15, 0.2) is 24.5 Å². The molecule has 0 atom stereocenters. The van der Waals surface area contributed by atoms with Gasteiger partial charge in [-0.3, -0.25) is 0 Å². The molecule has 0 saturated heterocycles. The Hall–Kier alpha value is -1.81. The molecule has 3 rings (SSSR count). The number of aryl methyl sites for hydroxylation is 1. The molecule has 4 nitrogen and oxygen atoms in total. The molecule has 0 spiro atoms. The average molecular weight is 290 g/mol. The number of hydrogen-bond donors (Lipinski definition) is 1. The zero-order valence-corrected chi connectivity index (χ0v) is 11.9. The highest BCUT2D eigenvalue weighted by Crippen LogP contribution is 2.33. The summed E-state index contributed by atoms with van der Waals surface area (Å²) in [6.07, 6.45) is 7.02. The van der Waals surface area contributed by atoms with Crippen LogP contribution in [0.3, 0.4) is 0 Å². The molecule has 0 fully saturated rings. The molecular weight excluding hydrogens is 274 g/mol. The maximum atomic E-state index is 5.98.